The maximum absolute atomic E-state index is 13.6. The molecule has 4 aliphatic rings. The van der Waals surface area contributed by atoms with Gasteiger partial charge in [0.25, 0.3) is 0 Å². The number of Topliss-reactive ketones (excluding diaryl/α,β-unsaturated/α-hetero) is 1. The number of carbonyl (C=O) groups excluding carboxylic acids is 7. The van der Waals surface area contributed by atoms with Crippen LogP contribution in [-0.4, -0.2) is 121 Å². The quantitative estimate of drug-likeness (QED) is 0.128. The number of alkyl carbamates (subject to hydrolysis) is 2. The van der Waals surface area contributed by atoms with E-state index in [1.54, 1.807) is 33.8 Å². The zero-order chi connectivity index (χ0) is 46.7. The van der Waals surface area contributed by atoms with Crippen LogP contribution in [0.4, 0.5) is 9.59 Å². The van der Waals surface area contributed by atoms with E-state index in [9.17, 15) is 33.6 Å². The number of ether oxygens (including phenoxy) is 5. The van der Waals surface area contributed by atoms with Gasteiger partial charge in [-0.2, -0.15) is 0 Å². The van der Waals surface area contributed by atoms with Gasteiger partial charge in [0, 0.05) is 24.1 Å². The van der Waals surface area contributed by atoms with E-state index < -0.39 is 65.2 Å². The van der Waals surface area contributed by atoms with Gasteiger partial charge in [-0.25, -0.2) is 19.2 Å². The fraction of sp³-hybridized carbons (Fsp3) is 0.562. The Bertz CT molecular complexity index is 2240. The number of nitrogens with one attached hydrogen (secondary N) is 2. The molecule has 3 unspecified atom stereocenters. The molecule has 0 aromatic heterocycles. The van der Waals surface area contributed by atoms with Crippen LogP contribution in [0.25, 0.3) is 10.8 Å². The highest BCUT2D eigenvalue weighted by Gasteiger charge is 2.52. The van der Waals surface area contributed by atoms with E-state index in [1.165, 1.54) is 24.0 Å². The average Bonchev–Trinajstić information content (AvgIpc) is 3.76. The van der Waals surface area contributed by atoms with Gasteiger partial charge in [-0.05, 0) is 79.7 Å². The van der Waals surface area contributed by atoms with Crippen molar-refractivity contribution < 1.29 is 57.2 Å². The molecule has 6 rings (SSSR count). The molecule has 3 heterocycles. The summed E-state index contributed by atoms with van der Waals surface area (Å²) in [7, 11) is 2.44. The molecule has 16 nitrogen and oxygen atoms in total. The highest BCUT2D eigenvalue weighted by Crippen LogP contribution is 2.46. The highest BCUT2D eigenvalue weighted by atomic mass is 16.6. The van der Waals surface area contributed by atoms with E-state index in [0.29, 0.717) is 50.8 Å². The summed E-state index contributed by atoms with van der Waals surface area (Å²) in [6.07, 6.45) is 5.88. The van der Waals surface area contributed by atoms with Gasteiger partial charge >= 0.3 is 24.1 Å². The average molecular weight is 887 g/mol. The van der Waals surface area contributed by atoms with Crippen molar-refractivity contribution in [1.82, 2.24) is 20.4 Å². The Hall–Kier alpha value is -5.77. The number of hydrogen-bond donors (Lipinski definition) is 2. The summed E-state index contributed by atoms with van der Waals surface area (Å²) >= 11 is 0. The zero-order valence-corrected chi connectivity index (χ0v) is 38.3. The molecule has 1 aliphatic carbocycles. The number of epoxide rings is 1. The molecule has 2 N–H and O–H groups in total. The van der Waals surface area contributed by atoms with Gasteiger partial charge in [-0.3, -0.25) is 14.4 Å². The minimum Gasteiger partial charge on any atom is -0.461 e. The molecule has 0 spiro atoms. The van der Waals surface area contributed by atoms with Crippen molar-refractivity contribution in [3.05, 3.63) is 71.3 Å². The number of nitrogens with zero attached hydrogens (tertiary/aromatic N) is 2. The summed E-state index contributed by atoms with van der Waals surface area (Å²) in [6.45, 7) is 12.8. The summed E-state index contributed by atoms with van der Waals surface area (Å²) < 4.78 is 26.9. The first-order valence-corrected chi connectivity index (χ1v) is 22.1. The first-order chi connectivity index (χ1) is 30.3. The van der Waals surface area contributed by atoms with Crippen molar-refractivity contribution in [2.45, 2.75) is 121 Å². The third-order valence-corrected chi connectivity index (χ3v) is 13.4. The van der Waals surface area contributed by atoms with Crippen LogP contribution < -0.4 is 10.6 Å². The number of ketones is 1. The lowest BCUT2D eigenvalue weighted by Crippen LogP contribution is -2.58. The van der Waals surface area contributed by atoms with Crippen molar-refractivity contribution in [1.29, 1.82) is 0 Å². The molecule has 0 bridgehead atoms. The molecule has 3 fully saturated rings. The number of carbonyl (C=O) groups is 7. The van der Waals surface area contributed by atoms with E-state index in [1.807, 2.05) is 56.3 Å². The molecule has 16 heteroatoms. The zero-order valence-electron chi connectivity index (χ0n) is 38.3. The smallest absolute Gasteiger partial charge is 0.407 e. The molecule has 0 radical (unpaired) electrons. The summed E-state index contributed by atoms with van der Waals surface area (Å²) in [5.74, 6) is -2.87. The number of esters is 2. The van der Waals surface area contributed by atoms with Crippen LogP contribution in [0.3, 0.4) is 0 Å². The Morgan fingerprint density at radius 2 is 1.28 bits per heavy atom. The lowest BCUT2D eigenvalue weighted by molar-refractivity contribution is -0.162. The topological polar surface area (TPSA) is 199 Å². The third-order valence-electron chi connectivity index (χ3n) is 13.4. The summed E-state index contributed by atoms with van der Waals surface area (Å²) in [5.41, 5.74) is -0.579. The first kappa shape index (κ1) is 47.7. The molecule has 2 aromatic rings. The van der Waals surface area contributed by atoms with Crippen molar-refractivity contribution in [2.24, 2.45) is 11.8 Å². The second kappa shape index (κ2) is 19.1. The third kappa shape index (κ3) is 9.52. The second-order valence-corrected chi connectivity index (χ2v) is 18.5. The lowest BCUT2D eigenvalue weighted by atomic mass is 9.73. The van der Waals surface area contributed by atoms with Crippen LogP contribution in [0.15, 0.2) is 60.2 Å². The normalized spacial score (nSPS) is 26.0. The predicted octanol–water partition coefficient (Wildman–Crippen LogP) is 5.60. The Morgan fingerprint density at radius 3 is 1.78 bits per heavy atom. The second-order valence-electron chi connectivity index (χ2n) is 18.5. The van der Waals surface area contributed by atoms with E-state index in [2.05, 4.69) is 23.6 Å². The standard InChI is InChI=1S/C48H62N4O12/c1-28(2)37(49-44(58)60-8)40(54)51-24-12-20-47(51,6)42(56)62-26-35(53)30-18-22-46(5,23-19-30)34-17-16-33(31-14-10-11-15-32(31)34)39-36(64-39)27-63-43(57)48(7)21-13-25-52(48)41(55)38(29(3)4)50-45(59)61-9/h10-11,14-19,22,28-29,36-39H,12-13,20-21,23-27H2,1-9H3,(H,49,58)(H,50,59)/t36?,37-,38-,39?,46?,47-,48-/m0/s1. The van der Waals surface area contributed by atoms with E-state index >= 15 is 0 Å². The van der Waals surface area contributed by atoms with Crippen LogP contribution in [0, 0.1) is 11.8 Å². The fourth-order valence-electron chi connectivity index (χ4n) is 9.23. The molecule has 3 saturated heterocycles. The number of methoxy groups -OCH3 is 2. The van der Waals surface area contributed by atoms with Crippen LogP contribution >= 0.6 is 0 Å². The molecular weight excluding hydrogens is 825 g/mol. The Kier molecular flexibility index (Phi) is 14.3. The lowest BCUT2D eigenvalue weighted by Gasteiger charge is -2.36. The molecule has 2 aromatic carbocycles. The fourth-order valence-corrected chi connectivity index (χ4v) is 9.23. The number of rotatable bonds is 15. The monoisotopic (exact) mass is 886 g/mol. The number of allylic oxidation sites excluding steroid dienone is 3. The Labute approximate surface area is 374 Å². The number of benzene rings is 2. The van der Waals surface area contributed by atoms with Gasteiger partial charge in [0.1, 0.15) is 42.0 Å². The maximum Gasteiger partial charge on any atom is 0.407 e. The van der Waals surface area contributed by atoms with Gasteiger partial charge < -0.3 is 44.1 Å². The van der Waals surface area contributed by atoms with Gasteiger partial charge in [-0.15, -0.1) is 0 Å². The number of fused-ring (bicyclic) bond motifs is 1. The molecule has 7 atom stereocenters. The SMILES string of the molecule is COC(=O)N[C@H](C(=O)N1CCC[C@@]1(C)C(=O)OCC(=O)C1=CCC(C)(c2ccc(C3OC3COC(=O)[C@]3(C)CCCN3C(=O)[C@@H](NC(=O)OC)C(C)C)c3ccccc23)C=C1)C(C)C. The van der Waals surface area contributed by atoms with Crippen LogP contribution in [-0.2, 0) is 53.1 Å². The molecule has 0 saturated carbocycles. The van der Waals surface area contributed by atoms with Crippen molar-refractivity contribution in [2.75, 3.05) is 40.5 Å². The van der Waals surface area contributed by atoms with Gasteiger partial charge in [0.15, 0.2) is 12.4 Å². The van der Waals surface area contributed by atoms with Gasteiger partial charge in [0.05, 0.1) is 14.2 Å². The largest absolute Gasteiger partial charge is 0.461 e. The maximum atomic E-state index is 13.6. The molecular formula is C48H62N4O12. The predicted molar refractivity (Wildman–Crippen MR) is 235 cm³/mol. The van der Waals surface area contributed by atoms with Crippen molar-refractivity contribution >= 4 is 52.5 Å². The van der Waals surface area contributed by atoms with E-state index in [-0.39, 0.29) is 42.3 Å². The van der Waals surface area contributed by atoms with Gasteiger partial charge in [-0.1, -0.05) is 89.2 Å². The van der Waals surface area contributed by atoms with Gasteiger partial charge in [0.2, 0.25) is 11.8 Å². The summed E-state index contributed by atoms with van der Waals surface area (Å²) in [5, 5.41) is 7.16. The van der Waals surface area contributed by atoms with Crippen molar-refractivity contribution in [3.63, 3.8) is 0 Å². The number of likely N-dealkylation sites (tertiary alicyclic amines) is 2. The van der Waals surface area contributed by atoms with Crippen molar-refractivity contribution in [3.8, 4) is 0 Å². The molecule has 3 aliphatic heterocycles. The Morgan fingerprint density at radius 1 is 0.750 bits per heavy atom. The van der Waals surface area contributed by atoms with E-state index in [4.69, 9.17) is 23.7 Å². The number of hydrogen-bond acceptors (Lipinski definition) is 12. The minimum atomic E-state index is -1.30. The molecule has 346 valence electrons. The van der Waals surface area contributed by atoms with Crippen LogP contribution in [0.5, 0.6) is 0 Å². The highest BCUT2D eigenvalue weighted by molar-refractivity contribution is 6.01. The summed E-state index contributed by atoms with van der Waals surface area (Å²) in [6, 6.07) is 10.3. The van der Waals surface area contributed by atoms with Crippen LogP contribution in [0.2, 0.25) is 0 Å². The van der Waals surface area contributed by atoms with E-state index in [0.717, 1.165) is 21.9 Å². The summed E-state index contributed by atoms with van der Waals surface area (Å²) in [4.78, 5) is 94.7. The molecule has 64 heavy (non-hydrogen) atoms. The minimum absolute atomic E-state index is 0.00529. The Balaban J connectivity index is 1.07. The number of amides is 4. The molecule has 4 amide bonds. The first-order valence-electron chi connectivity index (χ1n) is 22.1. The van der Waals surface area contributed by atoms with Crippen LogP contribution in [0.1, 0.15) is 97.8 Å².